The van der Waals surface area contributed by atoms with Crippen LogP contribution in [0.5, 0.6) is 0 Å². The van der Waals surface area contributed by atoms with Gasteiger partial charge in [-0.2, -0.15) is 0 Å². The minimum Gasteiger partial charge on any atom is -1.00 e. The molecule has 1 aliphatic rings. The van der Waals surface area contributed by atoms with Gasteiger partial charge in [-0.05, 0) is 0 Å². The predicted molar refractivity (Wildman–Crippen MR) is 47.4 cm³/mol. The van der Waals surface area contributed by atoms with Gasteiger partial charge in [0.05, 0.1) is 6.54 Å². The summed E-state index contributed by atoms with van der Waals surface area (Å²) in [5, 5.41) is 0. The zero-order valence-corrected chi connectivity index (χ0v) is 7.94. The van der Waals surface area contributed by atoms with Crippen molar-refractivity contribution in [1.29, 1.82) is 0 Å². The van der Waals surface area contributed by atoms with Gasteiger partial charge in [0.1, 0.15) is 4.38 Å². The average Bonchev–Trinajstić information content (AvgIpc) is 2.34. The van der Waals surface area contributed by atoms with Gasteiger partial charge in [0, 0.05) is 11.5 Å². The lowest BCUT2D eigenvalue weighted by molar-refractivity contribution is -0.00000171. The minimum absolute atomic E-state index is 0. The lowest BCUT2D eigenvalue weighted by Crippen LogP contribution is -3.00. The summed E-state index contributed by atoms with van der Waals surface area (Å²) in [4.78, 5) is 4.27. The van der Waals surface area contributed by atoms with Crippen molar-refractivity contribution in [1.82, 2.24) is 0 Å². The van der Waals surface area contributed by atoms with E-state index in [4.69, 9.17) is 0 Å². The zero-order chi connectivity index (χ0) is 6.53. The van der Waals surface area contributed by atoms with Crippen molar-refractivity contribution >= 4 is 27.9 Å². The number of aliphatic imine (C=N–C) groups is 1. The smallest absolute Gasteiger partial charge is 0.124 e. The molecule has 0 aromatic heterocycles. The van der Waals surface area contributed by atoms with E-state index in [0.717, 1.165) is 12.3 Å². The Morgan fingerprint density at radius 2 is 2.60 bits per heavy atom. The van der Waals surface area contributed by atoms with Gasteiger partial charge in [-0.25, -0.2) is 0 Å². The number of hydrogen-bond acceptors (Lipinski definition) is 3. The maximum Gasteiger partial charge on any atom is 0.124 e. The SMILES string of the molecule is C=CCSC1=NCCS1.[Cl-]. The molecule has 0 aromatic carbocycles. The van der Waals surface area contributed by atoms with Gasteiger partial charge in [-0.3, -0.25) is 4.99 Å². The molecule has 0 amide bonds. The molecule has 1 rings (SSSR count). The third-order valence-corrected chi connectivity index (χ3v) is 3.13. The van der Waals surface area contributed by atoms with Gasteiger partial charge < -0.3 is 12.4 Å². The van der Waals surface area contributed by atoms with Gasteiger partial charge in [-0.1, -0.05) is 29.6 Å². The van der Waals surface area contributed by atoms with E-state index in [1.807, 2.05) is 17.8 Å². The van der Waals surface area contributed by atoms with Crippen molar-refractivity contribution in [3.63, 3.8) is 0 Å². The molecule has 0 saturated carbocycles. The normalized spacial score (nSPS) is 15.8. The molecule has 1 heterocycles. The zero-order valence-electron chi connectivity index (χ0n) is 5.55. The Morgan fingerprint density at radius 3 is 3.10 bits per heavy atom. The lowest BCUT2D eigenvalue weighted by atomic mass is 10.8. The standard InChI is InChI=1S/C6H9NS2.ClH/c1-2-4-8-6-7-3-5-9-6;/h2H,1,3-5H2;1H/p-1. The molecule has 0 fully saturated rings. The van der Waals surface area contributed by atoms with Crippen molar-refractivity contribution in [2.24, 2.45) is 4.99 Å². The maximum absolute atomic E-state index is 4.27. The third-order valence-electron chi connectivity index (χ3n) is 0.882. The van der Waals surface area contributed by atoms with E-state index in [9.17, 15) is 0 Å². The van der Waals surface area contributed by atoms with Crippen LogP contribution in [0.25, 0.3) is 0 Å². The van der Waals surface area contributed by atoms with E-state index < -0.39 is 0 Å². The third kappa shape index (κ3) is 3.54. The summed E-state index contributed by atoms with van der Waals surface area (Å²) in [6.07, 6.45) is 1.91. The Balaban J connectivity index is 0.000000810. The molecule has 0 aromatic rings. The van der Waals surface area contributed by atoms with Gasteiger partial charge in [0.25, 0.3) is 0 Å². The summed E-state index contributed by atoms with van der Waals surface area (Å²) >= 11 is 3.63. The summed E-state index contributed by atoms with van der Waals surface area (Å²) in [6, 6.07) is 0. The number of thioether (sulfide) groups is 2. The Morgan fingerprint density at radius 1 is 1.80 bits per heavy atom. The first kappa shape index (κ1) is 10.4. The molecule has 0 atom stereocenters. The molecule has 0 N–H and O–H groups in total. The van der Waals surface area contributed by atoms with Crippen molar-refractivity contribution in [2.45, 2.75) is 0 Å². The van der Waals surface area contributed by atoms with Crippen molar-refractivity contribution in [2.75, 3.05) is 18.1 Å². The summed E-state index contributed by atoms with van der Waals surface area (Å²) in [5.41, 5.74) is 0. The molecule has 0 saturated heterocycles. The van der Waals surface area contributed by atoms with Gasteiger partial charge in [-0.15, -0.1) is 6.58 Å². The monoisotopic (exact) mass is 194 g/mol. The minimum atomic E-state index is 0. The van der Waals surface area contributed by atoms with Crippen LogP contribution in [0.15, 0.2) is 17.6 Å². The highest BCUT2D eigenvalue weighted by Crippen LogP contribution is 2.21. The molecule has 1 nitrogen and oxygen atoms in total. The molecule has 0 spiro atoms. The quantitative estimate of drug-likeness (QED) is 0.524. The molecule has 1 aliphatic heterocycles. The van der Waals surface area contributed by atoms with E-state index in [1.165, 1.54) is 10.1 Å². The number of hydrogen-bond donors (Lipinski definition) is 0. The van der Waals surface area contributed by atoms with Crippen LogP contribution in [0.4, 0.5) is 0 Å². The second-order valence-corrected chi connectivity index (χ2v) is 3.95. The molecular formula is C6H9ClNS2-. The number of rotatable bonds is 2. The van der Waals surface area contributed by atoms with E-state index in [-0.39, 0.29) is 12.4 Å². The molecule has 0 aliphatic carbocycles. The average molecular weight is 195 g/mol. The highest BCUT2D eigenvalue weighted by Gasteiger charge is 2.04. The van der Waals surface area contributed by atoms with E-state index in [2.05, 4.69) is 11.6 Å². The highest BCUT2D eigenvalue weighted by molar-refractivity contribution is 8.39. The lowest BCUT2D eigenvalue weighted by Gasteiger charge is -1.91. The van der Waals surface area contributed by atoms with Gasteiger partial charge >= 0.3 is 0 Å². The van der Waals surface area contributed by atoms with E-state index >= 15 is 0 Å². The summed E-state index contributed by atoms with van der Waals surface area (Å²) in [6.45, 7) is 4.64. The van der Waals surface area contributed by atoms with Crippen LogP contribution in [0.2, 0.25) is 0 Å². The van der Waals surface area contributed by atoms with Crippen LogP contribution in [0, 0.1) is 0 Å². The largest absolute Gasteiger partial charge is 1.00 e. The van der Waals surface area contributed by atoms with Gasteiger partial charge in [0.15, 0.2) is 0 Å². The molecule has 0 bridgehead atoms. The van der Waals surface area contributed by atoms with E-state index in [1.54, 1.807) is 11.8 Å². The van der Waals surface area contributed by atoms with Crippen LogP contribution in [-0.2, 0) is 0 Å². The molecule has 4 heteroatoms. The first-order valence-corrected chi connectivity index (χ1v) is 4.81. The van der Waals surface area contributed by atoms with Crippen LogP contribution in [0.3, 0.4) is 0 Å². The van der Waals surface area contributed by atoms with Crippen LogP contribution >= 0.6 is 23.5 Å². The fourth-order valence-electron chi connectivity index (χ4n) is 0.533. The Labute approximate surface area is 76.2 Å². The second kappa shape index (κ2) is 6.13. The Bertz CT molecular complexity index is 136. The van der Waals surface area contributed by atoms with Crippen molar-refractivity contribution in [3.8, 4) is 0 Å². The molecular weight excluding hydrogens is 186 g/mol. The first-order valence-electron chi connectivity index (χ1n) is 2.84. The summed E-state index contributed by atoms with van der Waals surface area (Å²) < 4.78 is 1.23. The Kier molecular flexibility index (Phi) is 6.38. The Hall–Kier alpha value is 0.400. The van der Waals surface area contributed by atoms with Crippen LogP contribution in [-0.4, -0.2) is 22.4 Å². The second-order valence-electron chi connectivity index (χ2n) is 1.60. The predicted octanol–water partition coefficient (Wildman–Crippen LogP) is -0.988. The van der Waals surface area contributed by atoms with Gasteiger partial charge in [0.2, 0.25) is 0 Å². The van der Waals surface area contributed by atoms with E-state index in [0.29, 0.717) is 0 Å². The van der Waals surface area contributed by atoms with Crippen molar-refractivity contribution < 1.29 is 12.4 Å². The van der Waals surface area contributed by atoms with Crippen LogP contribution < -0.4 is 12.4 Å². The summed E-state index contributed by atoms with van der Waals surface area (Å²) in [5.74, 6) is 2.16. The summed E-state index contributed by atoms with van der Waals surface area (Å²) in [7, 11) is 0. The number of halogens is 1. The van der Waals surface area contributed by atoms with Crippen LogP contribution in [0.1, 0.15) is 0 Å². The highest BCUT2D eigenvalue weighted by atomic mass is 35.5. The fourth-order valence-corrected chi connectivity index (χ4v) is 2.30. The topological polar surface area (TPSA) is 12.4 Å². The fraction of sp³-hybridized carbons (Fsp3) is 0.500. The maximum atomic E-state index is 4.27. The molecule has 0 radical (unpaired) electrons. The molecule has 10 heavy (non-hydrogen) atoms. The molecule has 58 valence electrons. The van der Waals surface area contributed by atoms with Crippen molar-refractivity contribution in [3.05, 3.63) is 12.7 Å². The first-order chi connectivity index (χ1) is 4.43. The number of nitrogens with zero attached hydrogens (tertiary/aromatic N) is 1. The molecule has 0 unspecified atom stereocenters.